The molecular weight excluding hydrogens is 415 g/mol. The van der Waals surface area contributed by atoms with E-state index in [1.54, 1.807) is 18.2 Å². The molecule has 0 saturated carbocycles. The molecular formula is C18H13Cl2F2N3O3. The van der Waals surface area contributed by atoms with Crippen LogP contribution in [0, 0.1) is 0 Å². The van der Waals surface area contributed by atoms with Crippen LogP contribution in [-0.2, 0) is 16.1 Å². The highest BCUT2D eigenvalue weighted by molar-refractivity contribution is 6.36. The van der Waals surface area contributed by atoms with E-state index in [2.05, 4.69) is 10.3 Å². The van der Waals surface area contributed by atoms with Gasteiger partial charge in [0.1, 0.15) is 13.2 Å². The third kappa shape index (κ3) is 4.40. The van der Waals surface area contributed by atoms with Gasteiger partial charge in [0.05, 0.1) is 21.6 Å². The third-order valence-corrected chi connectivity index (χ3v) is 4.34. The maximum absolute atomic E-state index is 13.3. The number of nitrogens with zero attached hydrogens (tertiary/aromatic N) is 2. The molecule has 10 heteroatoms. The van der Waals surface area contributed by atoms with Crippen LogP contribution >= 0.6 is 23.2 Å². The van der Waals surface area contributed by atoms with E-state index in [1.807, 2.05) is 0 Å². The van der Waals surface area contributed by atoms with Crippen LogP contribution in [0.2, 0.25) is 10.0 Å². The number of carbonyl (C=O) groups is 2. The van der Waals surface area contributed by atoms with Crippen molar-refractivity contribution in [2.24, 2.45) is 0 Å². The van der Waals surface area contributed by atoms with Crippen LogP contribution in [0.15, 0.2) is 42.5 Å². The molecule has 3 aromatic rings. The smallest absolute Gasteiger partial charge is 0.325 e. The number of aromatic nitrogens is 2. The molecule has 1 amide bonds. The Labute approximate surface area is 168 Å². The first-order valence-electron chi connectivity index (χ1n) is 7.99. The minimum Gasteiger partial charge on any atom is -0.456 e. The fourth-order valence-electron chi connectivity index (χ4n) is 2.53. The van der Waals surface area contributed by atoms with Crippen LogP contribution in [0.3, 0.4) is 0 Å². The highest BCUT2D eigenvalue weighted by atomic mass is 35.5. The molecule has 1 heterocycles. The van der Waals surface area contributed by atoms with Gasteiger partial charge in [-0.3, -0.25) is 14.2 Å². The van der Waals surface area contributed by atoms with E-state index in [4.69, 9.17) is 27.9 Å². The van der Waals surface area contributed by atoms with Crippen LogP contribution in [-0.4, -0.2) is 28.0 Å². The number of hydrogen-bond donors (Lipinski definition) is 1. The van der Waals surface area contributed by atoms with Crippen molar-refractivity contribution in [2.45, 2.75) is 13.2 Å². The minimum atomic E-state index is -2.84. The number of carbonyl (C=O) groups excluding carboxylic acids is 2. The van der Waals surface area contributed by atoms with Crippen LogP contribution in [0.25, 0.3) is 11.0 Å². The Hall–Kier alpha value is -2.71. The Kier molecular flexibility index (Phi) is 6.11. The molecule has 0 aliphatic carbocycles. The molecule has 0 radical (unpaired) electrons. The summed E-state index contributed by atoms with van der Waals surface area (Å²) in [6.07, 6.45) is 0. The number of esters is 1. The van der Waals surface area contributed by atoms with Crippen molar-refractivity contribution in [3.05, 3.63) is 63.9 Å². The third-order valence-electron chi connectivity index (χ3n) is 3.80. The summed E-state index contributed by atoms with van der Waals surface area (Å²) in [5, 5.41) is 2.84. The molecule has 1 aromatic heterocycles. The van der Waals surface area contributed by atoms with Crippen LogP contribution < -0.4 is 5.32 Å². The van der Waals surface area contributed by atoms with Crippen molar-refractivity contribution in [1.82, 2.24) is 14.9 Å². The number of benzene rings is 2. The van der Waals surface area contributed by atoms with Crippen molar-refractivity contribution in [2.75, 3.05) is 6.54 Å². The Morgan fingerprint density at radius 3 is 2.64 bits per heavy atom. The fourth-order valence-corrected chi connectivity index (χ4v) is 3.03. The second kappa shape index (κ2) is 8.53. The maximum atomic E-state index is 13.3. The van der Waals surface area contributed by atoms with E-state index >= 15 is 0 Å². The minimum absolute atomic E-state index is 0.100. The van der Waals surface area contributed by atoms with E-state index in [0.29, 0.717) is 15.1 Å². The lowest BCUT2D eigenvalue weighted by Gasteiger charge is -2.09. The molecule has 28 heavy (non-hydrogen) atoms. The summed E-state index contributed by atoms with van der Waals surface area (Å²) in [5.41, 5.74) is 0.729. The Morgan fingerprint density at radius 1 is 1.18 bits per heavy atom. The van der Waals surface area contributed by atoms with Gasteiger partial charge >= 0.3 is 12.5 Å². The van der Waals surface area contributed by atoms with Crippen LogP contribution in [0.5, 0.6) is 0 Å². The molecule has 0 aliphatic rings. The molecule has 0 fully saturated rings. The number of imidazole rings is 1. The monoisotopic (exact) mass is 427 g/mol. The summed E-state index contributed by atoms with van der Waals surface area (Å²) in [5.74, 6) is -1.51. The van der Waals surface area contributed by atoms with Crippen molar-refractivity contribution in [3.8, 4) is 0 Å². The lowest BCUT2D eigenvalue weighted by molar-refractivity contribution is -0.144. The standard InChI is InChI=1S/C18H13Cl2F2N3O3/c19-10-5-6-11(12(20)7-10)17(27)23-8-16(26)28-9-15-24-13-3-1-2-4-14(13)25(15)18(21)22/h1-7,18H,8-9H2,(H,23,27). The van der Waals surface area contributed by atoms with Gasteiger partial charge in [-0.2, -0.15) is 8.78 Å². The van der Waals surface area contributed by atoms with E-state index in [9.17, 15) is 18.4 Å². The molecule has 1 N–H and O–H groups in total. The Bertz CT molecular complexity index is 1040. The molecule has 0 spiro atoms. The highest BCUT2D eigenvalue weighted by Crippen LogP contribution is 2.23. The van der Waals surface area contributed by atoms with Crippen molar-refractivity contribution >= 4 is 46.1 Å². The zero-order valence-electron chi connectivity index (χ0n) is 14.2. The van der Waals surface area contributed by atoms with Gasteiger partial charge in [-0.15, -0.1) is 0 Å². The number of nitrogens with one attached hydrogen (secondary N) is 1. The summed E-state index contributed by atoms with van der Waals surface area (Å²) in [6, 6.07) is 10.6. The molecule has 0 bridgehead atoms. The number of amides is 1. The normalized spacial score (nSPS) is 11.0. The second-order valence-electron chi connectivity index (χ2n) is 5.63. The summed E-state index contributed by atoms with van der Waals surface area (Å²) in [7, 11) is 0. The quantitative estimate of drug-likeness (QED) is 0.597. The number of hydrogen-bond acceptors (Lipinski definition) is 4. The molecule has 0 saturated heterocycles. The SMILES string of the molecule is O=C(CNC(=O)c1ccc(Cl)cc1Cl)OCc1nc2ccccc2n1C(F)F. The van der Waals surface area contributed by atoms with Gasteiger partial charge < -0.3 is 10.1 Å². The summed E-state index contributed by atoms with van der Waals surface area (Å²) < 4.78 is 32.3. The summed E-state index contributed by atoms with van der Waals surface area (Å²) in [4.78, 5) is 28.0. The van der Waals surface area contributed by atoms with Gasteiger partial charge in [-0.25, -0.2) is 4.98 Å². The second-order valence-corrected chi connectivity index (χ2v) is 6.48. The zero-order valence-corrected chi connectivity index (χ0v) is 15.7. The number of alkyl halides is 2. The average molecular weight is 428 g/mol. The zero-order chi connectivity index (χ0) is 20.3. The first kappa shape index (κ1) is 20.0. The van der Waals surface area contributed by atoms with E-state index in [-0.39, 0.29) is 21.9 Å². The largest absolute Gasteiger partial charge is 0.456 e. The van der Waals surface area contributed by atoms with Crippen LogP contribution in [0.1, 0.15) is 22.7 Å². The van der Waals surface area contributed by atoms with E-state index in [1.165, 1.54) is 24.3 Å². The van der Waals surface area contributed by atoms with Crippen molar-refractivity contribution in [3.63, 3.8) is 0 Å². The van der Waals surface area contributed by atoms with E-state index < -0.39 is 31.6 Å². The first-order valence-corrected chi connectivity index (χ1v) is 8.75. The summed E-state index contributed by atoms with van der Waals surface area (Å²) in [6.45, 7) is -3.77. The highest BCUT2D eigenvalue weighted by Gasteiger charge is 2.19. The number of fused-ring (bicyclic) bond motifs is 1. The number of halogens is 4. The van der Waals surface area contributed by atoms with E-state index in [0.717, 1.165) is 0 Å². The van der Waals surface area contributed by atoms with Crippen molar-refractivity contribution < 1.29 is 23.1 Å². The molecule has 3 rings (SSSR count). The average Bonchev–Trinajstić information content (AvgIpc) is 3.03. The molecule has 0 atom stereocenters. The van der Waals surface area contributed by atoms with Gasteiger partial charge in [-0.05, 0) is 30.3 Å². The number of rotatable bonds is 6. The first-order chi connectivity index (χ1) is 13.4. The van der Waals surface area contributed by atoms with Crippen LogP contribution in [0.4, 0.5) is 8.78 Å². The Balaban J connectivity index is 1.61. The molecule has 146 valence electrons. The van der Waals surface area contributed by atoms with Gasteiger partial charge in [-0.1, -0.05) is 35.3 Å². The van der Waals surface area contributed by atoms with Gasteiger partial charge in [0.15, 0.2) is 5.82 Å². The Morgan fingerprint density at radius 2 is 1.93 bits per heavy atom. The van der Waals surface area contributed by atoms with Gasteiger partial charge in [0, 0.05) is 5.02 Å². The van der Waals surface area contributed by atoms with Gasteiger partial charge in [0.2, 0.25) is 0 Å². The predicted octanol–water partition coefficient (Wildman–Crippen LogP) is 4.21. The summed E-state index contributed by atoms with van der Waals surface area (Å²) >= 11 is 11.7. The molecule has 0 unspecified atom stereocenters. The fraction of sp³-hybridized carbons (Fsp3) is 0.167. The lowest BCUT2D eigenvalue weighted by Crippen LogP contribution is -2.31. The van der Waals surface area contributed by atoms with Gasteiger partial charge in [0.25, 0.3) is 5.91 Å². The molecule has 6 nitrogen and oxygen atoms in total. The molecule has 2 aromatic carbocycles. The number of ether oxygens (including phenoxy) is 1. The number of para-hydroxylation sites is 2. The lowest BCUT2D eigenvalue weighted by atomic mass is 10.2. The van der Waals surface area contributed by atoms with Crippen molar-refractivity contribution in [1.29, 1.82) is 0 Å². The maximum Gasteiger partial charge on any atom is 0.325 e. The topological polar surface area (TPSA) is 73.2 Å². The predicted molar refractivity (Wildman–Crippen MR) is 99.6 cm³/mol. The molecule has 0 aliphatic heterocycles.